The van der Waals surface area contributed by atoms with Gasteiger partial charge in [-0.3, -0.25) is 0 Å². The fraction of sp³-hybridized carbons (Fsp3) is 0.400. The van der Waals surface area contributed by atoms with E-state index in [2.05, 4.69) is 15.1 Å². The maximum absolute atomic E-state index is 14.4. The van der Waals surface area contributed by atoms with Crippen LogP contribution in [0, 0.1) is 12.7 Å². The maximum atomic E-state index is 14.4. The monoisotopic (exact) mass is 381 g/mol. The Kier molecular flexibility index (Phi) is 4.05. The number of aromatic nitrogens is 4. The van der Waals surface area contributed by atoms with Crippen molar-refractivity contribution in [1.82, 2.24) is 23.9 Å². The molecule has 0 N–H and O–H groups in total. The van der Waals surface area contributed by atoms with Crippen molar-refractivity contribution in [2.75, 3.05) is 13.1 Å². The lowest BCUT2D eigenvalue weighted by Crippen LogP contribution is -2.37. The molecular formula is C15H16FN5O2S2. The van der Waals surface area contributed by atoms with Crippen molar-refractivity contribution in [1.29, 1.82) is 0 Å². The summed E-state index contributed by atoms with van der Waals surface area (Å²) in [5.74, 6) is -0.358. The highest BCUT2D eigenvalue weighted by molar-refractivity contribution is 7.91. The topological polar surface area (TPSA) is 80.5 Å². The first-order valence-corrected chi connectivity index (χ1v) is 10.1. The van der Waals surface area contributed by atoms with E-state index in [0.717, 1.165) is 5.01 Å². The summed E-state index contributed by atoms with van der Waals surface area (Å²) < 4.78 is 42.9. The van der Waals surface area contributed by atoms with Gasteiger partial charge in [-0.15, -0.1) is 11.3 Å². The zero-order valence-corrected chi connectivity index (χ0v) is 15.1. The first-order chi connectivity index (χ1) is 11.9. The molecule has 4 heterocycles. The predicted molar refractivity (Wildman–Crippen MR) is 90.5 cm³/mol. The zero-order chi connectivity index (χ0) is 17.6. The number of thiazole rings is 1. The molecule has 1 aliphatic rings. The van der Waals surface area contributed by atoms with Gasteiger partial charge in [-0.2, -0.15) is 9.40 Å². The number of piperidine rings is 1. The van der Waals surface area contributed by atoms with Crippen LogP contribution >= 0.6 is 11.3 Å². The van der Waals surface area contributed by atoms with Gasteiger partial charge in [0.05, 0.1) is 11.2 Å². The Labute approximate surface area is 148 Å². The minimum atomic E-state index is -3.51. The Hall–Kier alpha value is -1.91. The van der Waals surface area contributed by atoms with Gasteiger partial charge in [0.25, 0.3) is 10.0 Å². The molecule has 0 unspecified atom stereocenters. The molecule has 0 saturated carbocycles. The average Bonchev–Trinajstić information content (AvgIpc) is 3.23. The number of hydrogen-bond donors (Lipinski definition) is 0. The van der Waals surface area contributed by atoms with Crippen LogP contribution in [0.1, 0.15) is 29.3 Å². The van der Waals surface area contributed by atoms with Crippen LogP contribution in [0.15, 0.2) is 29.0 Å². The van der Waals surface area contributed by atoms with Gasteiger partial charge in [0.1, 0.15) is 12.1 Å². The molecule has 0 spiro atoms. The second-order valence-corrected chi connectivity index (χ2v) is 9.42. The molecule has 1 fully saturated rings. The van der Waals surface area contributed by atoms with E-state index in [0.29, 0.717) is 37.1 Å². The van der Waals surface area contributed by atoms with E-state index in [9.17, 15) is 12.8 Å². The Morgan fingerprint density at radius 1 is 1.28 bits per heavy atom. The number of pyridine rings is 1. The Balaban J connectivity index is 1.53. The summed E-state index contributed by atoms with van der Waals surface area (Å²) in [6, 6.07) is 1.37. The molecule has 3 aromatic rings. The lowest BCUT2D eigenvalue weighted by atomic mass is 9.91. The molecule has 25 heavy (non-hydrogen) atoms. The molecular weight excluding hydrogens is 365 g/mol. The third kappa shape index (κ3) is 2.94. The second-order valence-electron chi connectivity index (χ2n) is 6.02. The van der Waals surface area contributed by atoms with Crippen LogP contribution < -0.4 is 0 Å². The van der Waals surface area contributed by atoms with E-state index in [1.807, 2.05) is 0 Å². The predicted octanol–water partition coefficient (Wildman–Crippen LogP) is 2.20. The van der Waals surface area contributed by atoms with Crippen molar-refractivity contribution >= 4 is 27.0 Å². The zero-order valence-electron chi connectivity index (χ0n) is 13.5. The molecule has 0 atom stereocenters. The molecule has 1 saturated heterocycles. The van der Waals surface area contributed by atoms with Gasteiger partial charge in [-0.25, -0.2) is 27.3 Å². The third-order valence-electron chi connectivity index (χ3n) is 4.48. The van der Waals surface area contributed by atoms with E-state index in [1.165, 1.54) is 34.2 Å². The van der Waals surface area contributed by atoms with Gasteiger partial charge in [0, 0.05) is 30.9 Å². The van der Waals surface area contributed by atoms with Gasteiger partial charge in [0.2, 0.25) is 0 Å². The number of halogens is 1. The molecule has 3 aromatic heterocycles. The Bertz CT molecular complexity index is 1020. The van der Waals surface area contributed by atoms with Crippen LogP contribution in [0.2, 0.25) is 0 Å². The van der Waals surface area contributed by atoms with Crippen LogP contribution in [-0.2, 0) is 10.0 Å². The molecule has 0 amide bonds. The Morgan fingerprint density at radius 3 is 2.72 bits per heavy atom. The molecule has 0 aromatic carbocycles. The number of hydrogen-bond acceptors (Lipinski definition) is 6. The van der Waals surface area contributed by atoms with Gasteiger partial charge < -0.3 is 0 Å². The van der Waals surface area contributed by atoms with Crippen molar-refractivity contribution in [2.24, 2.45) is 0 Å². The van der Waals surface area contributed by atoms with Crippen molar-refractivity contribution in [3.63, 3.8) is 0 Å². The highest BCUT2D eigenvalue weighted by atomic mass is 32.2. The number of fused-ring (bicyclic) bond motifs is 1. The van der Waals surface area contributed by atoms with Crippen LogP contribution in [-0.4, -0.2) is 45.4 Å². The van der Waals surface area contributed by atoms with Crippen molar-refractivity contribution in [3.8, 4) is 0 Å². The summed E-state index contributed by atoms with van der Waals surface area (Å²) in [5.41, 5.74) is 1.02. The second kappa shape index (κ2) is 6.11. The van der Waals surface area contributed by atoms with E-state index < -0.39 is 10.0 Å². The van der Waals surface area contributed by atoms with Crippen molar-refractivity contribution in [2.45, 2.75) is 29.9 Å². The Morgan fingerprint density at radius 2 is 2.04 bits per heavy atom. The summed E-state index contributed by atoms with van der Waals surface area (Å²) in [5, 5.41) is 4.76. The summed E-state index contributed by atoms with van der Waals surface area (Å²) in [4.78, 5) is 7.99. The molecule has 0 bridgehead atoms. The lowest BCUT2D eigenvalue weighted by molar-refractivity contribution is 0.315. The number of nitrogens with zero attached hydrogens (tertiary/aromatic N) is 5. The fourth-order valence-corrected chi connectivity index (χ4v) is 5.88. The highest BCUT2D eigenvalue weighted by Crippen LogP contribution is 2.33. The molecule has 7 nitrogen and oxygen atoms in total. The summed E-state index contributed by atoms with van der Waals surface area (Å²) in [6.07, 6.45) is 5.56. The maximum Gasteiger partial charge on any atom is 0.254 e. The van der Waals surface area contributed by atoms with Gasteiger partial charge in [-0.05, 0) is 25.7 Å². The first-order valence-electron chi connectivity index (χ1n) is 7.86. The number of rotatable bonds is 3. The summed E-state index contributed by atoms with van der Waals surface area (Å²) >= 11 is 1.17. The standard InChI is InChI=1S/C15H16FN5O2S2/c1-10-17-7-15(24-10)25(22,23)20-4-2-11(3-5-20)12-8-21-14(6-13(12)16)18-9-19-21/h6-9,11H,2-5H2,1H3. The van der Waals surface area contributed by atoms with Crippen LogP contribution in [0.4, 0.5) is 4.39 Å². The van der Waals surface area contributed by atoms with Crippen LogP contribution in [0.3, 0.4) is 0 Å². The smallest absolute Gasteiger partial charge is 0.249 e. The first kappa shape index (κ1) is 16.6. The van der Waals surface area contributed by atoms with Gasteiger partial charge in [0.15, 0.2) is 9.86 Å². The quantitative estimate of drug-likeness (QED) is 0.695. The number of aryl methyl sites for hydroxylation is 1. The van der Waals surface area contributed by atoms with Crippen molar-refractivity contribution < 1.29 is 12.8 Å². The minimum absolute atomic E-state index is 0.0387. The van der Waals surface area contributed by atoms with Crippen LogP contribution in [0.5, 0.6) is 0 Å². The lowest BCUT2D eigenvalue weighted by Gasteiger charge is -2.31. The van der Waals surface area contributed by atoms with E-state index in [4.69, 9.17) is 0 Å². The van der Waals surface area contributed by atoms with Gasteiger partial charge >= 0.3 is 0 Å². The SMILES string of the molecule is Cc1ncc(S(=O)(=O)N2CCC(c3cn4ncnc4cc3F)CC2)s1. The summed E-state index contributed by atoms with van der Waals surface area (Å²) in [7, 11) is -3.51. The minimum Gasteiger partial charge on any atom is -0.249 e. The fourth-order valence-electron chi connectivity index (χ4n) is 3.15. The molecule has 1 aliphatic heterocycles. The molecule has 4 rings (SSSR count). The normalized spacial score (nSPS) is 17.4. The van der Waals surface area contributed by atoms with Crippen LogP contribution in [0.25, 0.3) is 5.65 Å². The molecule has 0 aliphatic carbocycles. The highest BCUT2D eigenvalue weighted by Gasteiger charge is 2.32. The largest absolute Gasteiger partial charge is 0.254 e. The number of sulfonamides is 1. The van der Waals surface area contributed by atoms with E-state index in [-0.39, 0.29) is 15.9 Å². The summed E-state index contributed by atoms with van der Waals surface area (Å²) in [6.45, 7) is 2.50. The average molecular weight is 381 g/mol. The van der Waals surface area contributed by atoms with Gasteiger partial charge in [-0.1, -0.05) is 0 Å². The van der Waals surface area contributed by atoms with Crippen molar-refractivity contribution in [3.05, 3.63) is 41.2 Å². The molecule has 10 heteroatoms. The van der Waals surface area contributed by atoms with E-state index >= 15 is 0 Å². The van der Waals surface area contributed by atoms with E-state index in [1.54, 1.807) is 17.6 Å². The third-order valence-corrected chi connectivity index (χ3v) is 7.73. The molecule has 0 radical (unpaired) electrons. The molecule has 132 valence electrons.